The van der Waals surface area contributed by atoms with Crippen molar-refractivity contribution in [3.8, 4) is 0 Å². The van der Waals surface area contributed by atoms with Gasteiger partial charge in [0.1, 0.15) is 0 Å². The highest BCUT2D eigenvalue weighted by molar-refractivity contribution is 5.80. The van der Waals surface area contributed by atoms with E-state index >= 15 is 0 Å². The van der Waals surface area contributed by atoms with Crippen molar-refractivity contribution >= 4 is 12.0 Å². The second-order valence-corrected chi connectivity index (χ2v) is 9.15. The van der Waals surface area contributed by atoms with Crippen LogP contribution < -0.4 is 10.9 Å². The van der Waals surface area contributed by atoms with Crippen LogP contribution in [0, 0.1) is 17.8 Å². The summed E-state index contributed by atoms with van der Waals surface area (Å²) < 4.78 is 1.87. The zero-order valence-corrected chi connectivity index (χ0v) is 18.2. The molecule has 3 aliphatic rings. The number of pyridine rings is 1. The van der Waals surface area contributed by atoms with Gasteiger partial charge >= 0.3 is 0 Å². The normalized spacial score (nSPS) is 28.9. The van der Waals surface area contributed by atoms with E-state index in [2.05, 4.69) is 10.2 Å². The molecule has 164 valence electrons. The lowest BCUT2D eigenvalue weighted by atomic mass is 9.86. The van der Waals surface area contributed by atoms with Crippen LogP contribution in [0.2, 0.25) is 0 Å². The fourth-order valence-electron chi connectivity index (χ4n) is 5.95. The van der Waals surface area contributed by atoms with Gasteiger partial charge in [-0.1, -0.05) is 31.9 Å². The maximum absolute atomic E-state index is 13.2. The molecule has 6 heteroatoms. The van der Waals surface area contributed by atoms with E-state index < -0.39 is 0 Å². The first-order chi connectivity index (χ1) is 14.6. The van der Waals surface area contributed by atoms with Crippen molar-refractivity contribution in [2.75, 3.05) is 19.7 Å². The minimum Gasteiger partial charge on any atom is -0.396 e. The Hall–Kier alpha value is -1.92. The number of fused-ring (bicyclic) bond motifs is 4. The lowest BCUT2D eigenvalue weighted by Gasteiger charge is -2.39. The van der Waals surface area contributed by atoms with Gasteiger partial charge in [-0.25, -0.2) is 0 Å². The van der Waals surface area contributed by atoms with Gasteiger partial charge in [0.25, 0.3) is 5.56 Å². The number of allylic oxidation sites excluding steroid dienone is 1. The number of carbonyl (C=O) groups is 1. The number of aliphatic hydroxyl groups excluding tert-OH is 1. The summed E-state index contributed by atoms with van der Waals surface area (Å²) >= 11 is 0. The van der Waals surface area contributed by atoms with E-state index in [0.29, 0.717) is 24.6 Å². The van der Waals surface area contributed by atoms with Crippen LogP contribution in [0.5, 0.6) is 0 Å². The molecule has 0 radical (unpaired) electrons. The summed E-state index contributed by atoms with van der Waals surface area (Å²) in [6.45, 7) is 6.06. The van der Waals surface area contributed by atoms with Crippen molar-refractivity contribution in [3.05, 3.63) is 39.8 Å². The van der Waals surface area contributed by atoms with E-state index in [1.165, 1.54) is 25.7 Å². The molecule has 2 N–H and O–H groups in total. The van der Waals surface area contributed by atoms with E-state index in [1.807, 2.05) is 42.7 Å². The van der Waals surface area contributed by atoms with Crippen molar-refractivity contribution in [3.63, 3.8) is 0 Å². The molecule has 2 aliphatic heterocycles. The molecule has 6 nitrogen and oxygen atoms in total. The molecule has 4 rings (SSSR count). The Morgan fingerprint density at radius 3 is 2.73 bits per heavy atom. The average Bonchev–Trinajstić information content (AvgIpc) is 3.32. The molecule has 1 amide bonds. The molecule has 4 atom stereocenters. The largest absolute Gasteiger partial charge is 0.396 e. The van der Waals surface area contributed by atoms with Crippen molar-refractivity contribution in [2.45, 2.75) is 64.6 Å². The van der Waals surface area contributed by atoms with Gasteiger partial charge in [-0.2, -0.15) is 0 Å². The lowest BCUT2D eigenvalue weighted by molar-refractivity contribution is -0.127. The first-order valence-corrected chi connectivity index (χ1v) is 11.6. The number of aliphatic hydroxyl groups is 1. The predicted octanol–water partition coefficient (Wildman–Crippen LogP) is 2.56. The average molecular weight is 414 g/mol. The van der Waals surface area contributed by atoms with Crippen LogP contribution in [0.15, 0.2) is 23.0 Å². The molecule has 30 heavy (non-hydrogen) atoms. The van der Waals surface area contributed by atoms with Gasteiger partial charge in [-0.05, 0) is 44.2 Å². The summed E-state index contributed by atoms with van der Waals surface area (Å²) in [4.78, 5) is 28.8. The molecule has 1 aliphatic carbocycles. The van der Waals surface area contributed by atoms with Crippen molar-refractivity contribution in [1.29, 1.82) is 0 Å². The number of aromatic nitrogens is 1. The highest BCUT2D eigenvalue weighted by atomic mass is 16.3. The summed E-state index contributed by atoms with van der Waals surface area (Å²) in [6, 6.07) is 3.78. The summed E-state index contributed by atoms with van der Waals surface area (Å²) in [6.07, 6.45) is 9.63. The van der Waals surface area contributed by atoms with E-state index in [4.69, 9.17) is 0 Å². The van der Waals surface area contributed by atoms with Crippen LogP contribution in [0.3, 0.4) is 0 Å². The molecule has 0 aromatic carbocycles. The summed E-state index contributed by atoms with van der Waals surface area (Å²) in [7, 11) is 0. The fraction of sp³-hybridized carbons (Fsp3) is 0.667. The Morgan fingerprint density at radius 1 is 1.30 bits per heavy atom. The number of carbonyl (C=O) groups excluding carboxylic acids is 1. The van der Waals surface area contributed by atoms with Gasteiger partial charge < -0.3 is 15.0 Å². The molecule has 2 fully saturated rings. The van der Waals surface area contributed by atoms with Gasteiger partial charge in [0.05, 0.1) is 12.0 Å². The molecule has 0 unspecified atom stereocenters. The van der Waals surface area contributed by atoms with Crippen LogP contribution in [0.4, 0.5) is 0 Å². The Bertz CT molecular complexity index is 856. The van der Waals surface area contributed by atoms with Crippen LogP contribution >= 0.6 is 0 Å². The van der Waals surface area contributed by atoms with Gasteiger partial charge in [-0.15, -0.1) is 0 Å². The molecule has 3 heterocycles. The van der Waals surface area contributed by atoms with Gasteiger partial charge in [0, 0.05) is 49.5 Å². The molecular formula is C24H35N3O3. The number of amides is 1. The monoisotopic (exact) mass is 413 g/mol. The number of nitrogens with one attached hydrogen (secondary N) is 1. The Morgan fingerprint density at radius 2 is 2.07 bits per heavy atom. The van der Waals surface area contributed by atoms with Crippen molar-refractivity contribution in [2.24, 2.45) is 17.8 Å². The summed E-state index contributed by atoms with van der Waals surface area (Å²) in [5.41, 5.74) is 1.61. The minimum absolute atomic E-state index is 0.00687. The van der Waals surface area contributed by atoms with E-state index in [1.54, 1.807) is 0 Å². The SMILES string of the molecule is C/C=C\c1ccc2n(c1=O)C[C@H]1[C@H](CO)[C@@H](C(=O)NCCC)[C@@H]2N1CC1CCCC1. The van der Waals surface area contributed by atoms with Gasteiger partial charge in [0.15, 0.2) is 0 Å². The van der Waals surface area contributed by atoms with E-state index in [-0.39, 0.29) is 42.0 Å². The third kappa shape index (κ3) is 3.65. The Kier molecular flexibility index (Phi) is 6.44. The minimum atomic E-state index is -0.325. The molecule has 1 saturated heterocycles. The maximum Gasteiger partial charge on any atom is 0.258 e. The summed E-state index contributed by atoms with van der Waals surface area (Å²) in [5.74, 6) is 0.178. The molecule has 1 aromatic heterocycles. The lowest BCUT2D eigenvalue weighted by Crippen LogP contribution is -2.48. The summed E-state index contributed by atoms with van der Waals surface area (Å²) in [5, 5.41) is 13.4. The number of nitrogens with zero attached hydrogens (tertiary/aromatic N) is 2. The highest BCUT2D eigenvalue weighted by Gasteiger charge is 2.55. The first kappa shape index (κ1) is 21.3. The van der Waals surface area contributed by atoms with Crippen LogP contribution in [0.1, 0.15) is 63.3 Å². The van der Waals surface area contributed by atoms with Gasteiger partial charge in [0.2, 0.25) is 5.91 Å². The number of hydrogen-bond acceptors (Lipinski definition) is 4. The molecule has 0 spiro atoms. The number of rotatable bonds is 7. The third-order valence-electron chi connectivity index (χ3n) is 7.34. The van der Waals surface area contributed by atoms with Crippen molar-refractivity contribution < 1.29 is 9.90 Å². The smallest absolute Gasteiger partial charge is 0.258 e. The van der Waals surface area contributed by atoms with E-state index in [9.17, 15) is 14.7 Å². The second kappa shape index (κ2) is 9.06. The zero-order valence-electron chi connectivity index (χ0n) is 18.2. The van der Waals surface area contributed by atoms with Gasteiger partial charge in [-0.3, -0.25) is 14.5 Å². The highest BCUT2D eigenvalue weighted by Crippen LogP contribution is 2.49. The fourth-order valence-corrected chi connectivity index (χ4v) is 5.95. The van der Waals surface area contributed by atoms with E-state index in [0.717, 1.165) is 18.7 Å². The Labute approximate surface area is 179 Å². The first-order valence-electron chi connectivity index (χ1n) is 11.6. The van der Waals surface area contributed by atoms with Crippen LogP contribution in [0.25, 0.3) is 6.08 Å². The topological polar surface area (TPSA) is 74.6 Å². The standard InChI is InChI=1S/C24H35N3O3/c1-3-7-17-10-11-19-22-21(23(29)25-12-4-2)18(15-28)20(14-27(19)24(17)30)26(22)13-16-8-5-6-9-16/h3,7,10-11,16,18,20-22,28H,4-6,8-9,12-15H2,1-2H3,(H,25,29)/b7-3-/t18-,20-,21+,22+/m0/s1. The maximum atomic E-state index is 13.2. The van der Waals surface area contributed by atoms with Crippen LogP contribution in [-0.4, -0.2) is 46.2 Å². The second-order valence-electron chi connectivity index (χ2n) is 9.15. The number of hydrogen-bond donors (Lipinski definition) is 2. The molecular weight excluding hydrogens is 378 g/mol. The zero-order chi connectivity index (χ0) is 21.3. The quantitative estimate of drug-likeness (QED) is 0.721. The molecule has 1 aromatic rings. The molecule has 1 saturated carbocycles. The predicted molar refractivity (Wildman–Crippen MR) is 118 cm³/mol. The third-order valence-corrected chi connectivity index (χ3v) is 7.34. The molecule has 2 bridgehead atoms. The Balaban J connectivity index is 1.76. The van der Waals surface area contributed by atoms with Crippen LogP contribution in [-0.2, 0) is 11.3 Å². The van der Waals surface area contributed by atoms with Crippen molar-refractivity contribution in [1.82, 2.24) is 14.8 Å².